The van der Waals surface area contributed by atoms with E-state index in [0.717, 1.165) is 0 Å². The minimum absolute atomic E-state index is 0.250. The van der Waals surface area contributed by atoms with Gasteiger partial charge < -0.3 is 24.9 Å². The zero-order chi connectivity index (χ0) is 9.72. The summed E-state index contributed by atoms with van der Waals surface area (Å²) in [4.78, 5) is 10.1. The fourth-order valence-corrected chi connectivity index (χ4v) is 0.833. The molecule has 0 heterocycles. The second-order valence-electron chi connectivity index (χ2n) is 2.56. The van der Waals surface area contributed by atoms with Gasteiger partial charge >= 0.3 is 0 Å². The van der Waals surface area contributed by atoms with E-state index in [2.05, 4.69) is 4.74 Å². The molecular formula is C7H14O5. The van der Waals surface area contributed by atoms with E-state index < -0.39 is 24.4 Å². The molecule has 3 N–H and O–H groups in total. The second kappa shape index (κ2) is 5.21. The predicted octanol–water partition coefficient (Wildman–Crippen LogP) is -1.70. The Morgan fingerprint density at radius 2 is 1.83 bits per heavy atom. The molecule has 0 aromatic carbocycles. The highest BCUT2D eigenvalue weighted by atomic mass is 16.5. The third-order valence-electron chi connectivity index (χ3n) is 1.58. The molecule has 0 aliphatic heterocycles. The number of aliphatic hydroxyl groups excluding tert-OH is 3. The van der Waals surface area contributed by atoms with Crippen LogP contribution in [0, 0.1) is 0 Å². The summed E-state index contributed by atoms with van der Waals surface area (Å²) in [5, 5.41) is 27.1. The molecule has 5 heteroatoms. The summed E-state index contributed by atoms with van der Waals surface area (Å²) in [6, 6.07) is 0. The van der Waals surface area contributed by atoms with Gasteiger partial charge in [-0.1, -0.05) is 0 Å². The molecule has 0 radical (unpaired) electrons. The van der Waals surface area contributed by atoms with Crippen molar-refractivity contribution < 1.29 is 24.9 Å². The maximum absolute atomic E-state index is 10.1. The SMILES string of the molecule is CO[C@@H]([C@@H](O)[C@@H](C)O)[C@H](O)C=O. The van der Waals surface area contributed by atoms with Crippen LogP contribution in [0.3, 0.4) is 0 Å². The van der Waals surface area contributed by atoms with Crippen molar-refractivity contribution in [2.45, 2.75) is 31.3 Å². The van der Waals surface area contributed by atoms with Crippen LogP contribution in [-0.2, 0) is 9.53 Å². The van der Waals surface area contributed by atoms with E-state index in [-0.39, 0.29) is 6.29 Å². The smallest absolute Gasteiger partial charge is 0.151 e. The number of carbonyl (C=O) groups is 1. The molecule has 0 rings (SSSR count). The van der Waals surface area contributed by atoms with Gasteiger partial charge in [-0.2, -0.15) is 0 Å². The van der Waals surface area contributed by atoms with Crippen LogP contribution in [0.1, 0.15) is 6.92 Å². The number of aliphatic hydroxyl groups is 3. The van der Waals surface area contributed by atoms with Gasteiger partial charge in [0.25, 0.3) is 0 Å². The Morgan fingerprint density at radius 3 is 2.08 bits per heavy atom. The van der Waals surface area contributed by atoms with Gasteiger partial charge in [0.1, 0.15) is 18.3 Å². The molecule has 4 atom stereocenters. The molecule has 0 saturated heterocycles. The van der Waals surface area contributed by atoms with Crippen molar-refractivity contribution in [2.24, 2.45) is 0 Å². The normalized spacial score (nSPS) is 21.1. The van der Waals surface area contributed by atoms with Crippen LogP contribution in [-0.4, -0.2) is 53.1 Å². The average molecular weight is 178 g/mol. The number of hydrogen-bond acceptors (Lipinski definition) is 5. The third kappa shape index (κ3) is 2.86. The van der Waals surface area contributed by atoms with Crippen molar-refractivity contribution in [3.05, 3.63) is 0 Å². The molecule has 0 amide bonds. The Hall–Kier alpha value is -0.490. The van der Waals surface area contributed by atoms with Gasteiger partial charge in [0, 0.05) is 7.11 Å². The highest BCUT2D eigenvalue weighted by molar-refractivity contribution is 5.56. The molecule has 5 nitrogen and oxygen atoms in total. The fraction of sp³-hybridized carbons (Fsp3) is 0.857. The Morgan fingerprint density at radius 1 is 1.33 bits per heavy atom. The maximum Gasteiger partial charge on any atom is 0.151 e. The highest BCUT2D eigenvalue weighted by Gasteiger charge is 2.29. The summed E-state index contributed by atoms with van der Waals surface area (Å²) in [5.74, 6) is 0. The lowest BCUT2D eigenvalue weighted by molar-refractivity contribution is -0.138. The number of aldehydes is 1. The summed E-state index contributed by atoms with van der Waals surface area (Å²) in [6.07, 6.45) is -4.57. The molecule has 72 valence electrons. The number of carbonyl (C=O) groups excluding carboxylic acids is 1. The summed E-state index contributed by atoms with van der Waals surface area (Å²) < 4.78 is 4.63. The van der Waals surface area contributed by atoms with Crippen LogP contribution in [0.15, 0.2) is 0 Å². The van der Waals surface area contributed by atoms with Crippen molar-refractivity contribution >= 4 is 6.29 Å². The predicted molar refractivity (Wildman–Crippen MR) is 40.6 cm³/mol. The van der Waals surface area contributed by atoms with Crippen LogP contribution >= 0.6 is 0 Å². The minimum Gasteiger partial charge on any atom is -0.391 e. The molecule has 0 bridgehead atoms. The van der Waals surface area contributed by atoms with Crippen LogP contribution < -0.4 is 0 Å². The van der Waals surface area contributed by atoms with E-state index in [1.165, 1.54) is 14.0 Å². The van der Waals surface area contributed by atoms with Gasteiger partial charge in [-0.05, 0) is 6.92 Å². The average Bonchev–Trinajstić information content (AvgIpc) is 2.05. The molecule has 0 fully saturated rings. The molecule has 0 aliphatic rings. The Bertz CT molecular complexity index is 136. The minimum atomic E-state index is -1.42. The van der Waals surface area contributed by atoms with Crippen molar-refractivity contribution in [3.8, 4) is 0 Å². The molecule has 0 spiro atoms. The van der Waals surface area contributed by atoms with Crippen molar-refractivity contribution in [1.82, 2.24) is 0 Å². The van der Waals surface area contributed by atoms with Crippen LogP contribution in [0.2, 0.25) is 0 Å². The molecule has 0 unspecified atom stereocenters. The third-order valence-corrected chi connectivity index (χ3v) is 1.58. The monoisotopic (exact) mass is 178 g/mol. The van der Waals surface area contributed by atoms with Gasteiger partial charge in [0.05, 0.1) is 6.10 Å². The van der Waals surface area contributed by atoms with Gasteiger partial charge in [0.15, 0.2) is 6.29 Å². The van der Waals surface area contributed by atoms with Crippen LogP contribution in [0.4, 0.5) is 0 Å². The van der Waals surface area contributed by atoms with E-state index in [0.29, 0.717) is 0 Å². The zero-order valence-electron chi connectivity index (χ0n) is 7.04. The lowest BCUT2D eigenvalue weighted by Gasteiger charge is -2.24. The van der Waals surface area contributed by atoms with E-state index in [1.807, 2.05) is 0 Å². The van der Waals surface area contributed by atoms with Crippen LogP contribution in [0.25, 0.3) is 0 Å². The van der Waals surface area contributed by atoms with Crippen molar-refractivity contribution in [3.63, 3.8) is 0 Å². The topological polar surface area (TPSA) is 87.0 Å². The second-order valence-corrected chi connectivity index (χ2v) is 2.56. The highest BCUT2D eigenvalue weighted by Crippen LogP contribution is 2.06. The summed E-state index contributed by atoms with van der Waals surface area (Å²) in [7, 11) is 1.24. The molecule has 0 aromatic rings. The molecule has 0 aliphatic carbocycles. The first kappa shape index (κ1) is 11.5. The van der Waals surface area contributed by atoms with Gasteiger partial charge in [-0.25, -0.2) is 0 Å². The summed E-state index contributed by atoms with van der Waals surface area (Å²) >= 11 is 0. The van der Waals surface area contributed by atoms with Gasteiger partial charge in [-0.15, -0.1) is 0 Å². The quantitative estimate of drug-likeness (QED) is 0.437. The number of rotatable bonds is 5. The van der Waals surface area contributed by atoms with Gasteiger partial charge in [0.2, 0.25) is 0 Å². The van der Waals surface area contributed by atoms with E-state index in [4.69, 9.17) is 10.2 Å². The number of methoxy groups -OCH3 is 1. The standard InChI is InChI=1S/C7H14O5/c1-4(9)6(11)7(12-2)5(10)3-8/h3-7,9-11H,1-2H3/t4-,5-,6+,7-/m1/s1. The van der Waals surface area contributed by atoms with E-state index in [1.54, 1.807) is 0 Å². The van der Waals surface area contributed by atoms with Crippen molar-refractivity contribution in [1.29, 1.82) is 0 Å². The zero-order valence-corrected chi connectivity index (χ0v) is 7.04. The van der Waals surface area contributed by atoms with E-state index >= 15 is 0 Å². The number of ether oxygens (including phenoxy) is 1. The van der Waals surface area contributed by atoms with Crippen molar-refractivity contribution in [2.75, 3.05) is 7.11 Å². The molecule has 12 heavy (non-hydrogen) atoms. The fourth-order valence-electron chi connectivity index (χ4n) is 0.833. The summed E-state index contributed by atoms with van der Waals surface area (Å²) in [5.41, 5.74) is 0. The van der Waals surface area contributed by atoms with Crippen LogP contribution in [0.5, 0.6) is 0 Å². The first-order chi connectivity index (χ1) is 5.54. The Labute approximate surface area is 70.6 Å². The molecule has 0 saturated carbocycles. The molecule has 0 aromatic heterocycles. The van der Waals surface area contributed by atoms with E-state index in [9.17, 15) is 9.90 Å². The van der Waals surface area contributed by atoms with Gasteiger partial charge in [-0.3, -0.25) is 0 Å². The first-order valence-corrected chi connectivity index (χ1v) is 3.56. The lowest BCUT2D eigenvalue weighted by atomic mass is 10.1. The Balaban J connectivity index is 4.22. The lowest BCUT2D eigenvalue weighted by Crippen LogP contribution is -2.45. The molecular weight excluding hydrogens is 164 g/mol. The Kier molecular flexibility index (Phi) is 5.00. The number of hydrogen-bond donors (Lipinski definition) is 3. The largest absolute Gasteiger partial charge is 0.391 e. The maximum atomic E-state index is 10.1. The first-order valence-electron chi connectivity index (χ1n) is 3.56. The summed E-state index contributed by atoms with van der Waals surface area (Å²) in [6.45, 7) is 1.34.